The van der Waals surface area contributed by atoms with Gasteiger partial charge >= 0.3 is 0 Å². The fourth-order valence-corrected chi connectivity index (χ4v) is 3.78. The van der Waals surface area contributed by atoms with Crippen molar-refractivity contribution in [1.29, 1.82) is 0 Å². The van der Waals surface area contributed by atoms with Crippen molar-refractivity contribution in [2.75, 3.05) is 12.3 Å². The molecule has 90 valence electrons. The molecule has 16 heavy (non-hydrogen) atoms. The van der Waals surface area contributed by atoms with Crippen LogP contribution in [0.2, 0.25) is 0 Å². The summed E-state index contributed by atoms with van der Waals surface area (Å²) in [6, 6.07) is 1.41. The fourth-order valence-electron chi connectivity index (χ4n) is 1.53. The van der Waals surface area contributed by atoms with Crippen molar-refractivity contribution in [2.24, 2.45) is 0 Å². The maximum absolute atomic E-state index is 11.8. The van der Waals surface area contributed by atoms with Gasteiger partial charge in [-0.3, -0.25) is 0 Å². The van der Waals surface area contributed by atoms with Gasteiger partial charge in [0.25, 0.3) is 0 Å². The number of nitrogens with one attached hydrogen (secondary N) is 1. The van der Waals surface area contributed by atoms with Crippen LogP contribution < -0.4 is 10.5 Å². The second-order valence-corrected chi connectivity index (χ2v) is 7.01. The molecule has 0 aliphatic heterocycles. The molecule has 2 rings (SSSR count). The zero-order chi connectivity index (χ0) is 11.8. The fraction of sp³-hybridized carbons (Fsp3) is 0.556. The van der Waals surface area contributed by atoms with Crippen molar-refractivity contribution in [3.05, 3.63) is 11.4 Å². The molecular weight excluding hydrogens is 248 g/mol. The van der Waals surface area contributed by atoms with Gasteiger partial charge < -0.3 is 10.8 Å². The van der Waals surface area contributed by atoms with Crippen molar-refractivity contribution >= 4 is 27.0 Å². The summed E-state index contributed by atoms with van der Waals surface area (Å²) in [7, 11) is -3.52. The zero-order valence-electron chi connectivity index (χ0n) is 8.64. The average Bonchev–Trinajstić information content (AvgIpc) is 2.60. The van der Waals surface area contributed by atoms with E-state index in [1.807, 2.05) is 0 Å². The molecule has 1 aromatic rings. The summed E-state index contributed by atoms with van der Waals surface area (Å²) in [6.07, 6.45) is 2.26. The van der Waals surface area contributed by atoms with Crippen LogP contribution in [0.25, 0.3) is 0 Å². The molecule has 1 heterocycles. The van der Waals surface area contributed by atoms with Crippen LogP contribution >= 0.6 is 11.3 Å². The van der Waals surface area contributed by atoms with Crippen LogP contribution in [0.1, 0.15) is 19.3 Å². The zero-order valence-corrected chi connectivity index (χ0v) is 10.3. The summed E-state index contributed by atoms with van der Waals surface area (Å²) in [4.78, 5) is 0. The number of nitrogens with two attached hydrogens (primary N) is 1. The molecule has 0 aromatic carbocycles. The Morgan fingerprint density at radius 2 is 2.25 bits per heavy atom. The first-order valence-corrected chi connectivity index (χ1v) is 7.34. The SMILES string of the molecule is Nc1csc(S(=O)(=O)NCC2(O)CCC2)c1. The van der Waals surface area contributed by atoms with Gasteiger partial charge in [-0.05, 0) is 25.3 Å². The number of aliphatic hydroxyl groups is 1. The number of hydrogen-bond acceptors (Lipinski definition) is 5. The molecule has 0 saturated heterocycles. The van der Waals surface area contributed by atoms with Crippen molar-refractivity contribution in [2.45, 2.75) is 29.1 Å². The van der Waals surface area contributed by atoms with Gasteiger partial charge in [-0.2, -0.15) is 0 Å². The summed E-state index contributed by atoms with van der Waals surface area (Å²) < 4.78 is 26.1. The molecular formula is C9H14N2O3S2. The number of hydrogen-bond donors (Lipinski definition) is 3. The Balaban J connectivity index is 2.03. The van der Waals surface area contributed by atoms with Gasteiger partial charge in [-0.25, -0.2) is 13.1 Å². The van der Waals surface area contributed by atoms with Crippen LogP contribution in [0.5, 0.6) is 0 Å². The Kier molecular flexibility index (Phi) is 2.95. The number of nitrogen functional groups attached to an aromatic ring is 1. The second-order valence-electron chi connectivity index (χ2n) is 4.10. The largest absolute Gasteiger partial charge is 0.398 e. The van der Waals surface area contributed by atoms with Crippen molar-refractivity contribution < 1.29 is 13.5 Å². The molecule has 1 aliphatic carbocycles. The summed E-state index contributed by atoms with van der Waals surface area (Å²) in [5, 5.41) is 11.4. The Morgan fingerprint density at radius 3 is 2.69 bits per heavy atom. The first-order valence-electron chi connectivity index (χ1n) is 4.97. The molecule has 0 atom stereocenters. The highest BCUT2D eigenvalue weighted by atomic mass is 32.2. The molecule has 7 heteroatoms. The van der Waals surface area contributed by atoms with Gasteiger partial charge in [0.1, 0.15) is 4.21 Å². The van der Waals surface area contributed by atoms with Crippen molar-refractivity contribution in [3.63, 3.8) is 0 Å². The van der Waals surface area contributed by atoms with Crippen LogP contribution in [-0.2, 0) is 10.0 Å². The highest BCUT2D eigenvalue weighted by Crippen LogP contribution is 2.31. The summed E-state index contributed by atoms with van der Waals surface area (Å²) >= 11 is 1.08. The molecule has 5 nitrogen and oxygen atoms in total. The quantitative estimate of drug-likeness (QED) is 0.737. The Bertz CT molecular complexity index is 477. The van der Waals surface area contributed by atoms with Crippen LogP contribution in [0, 0.1) is 0 Å². The van der Waals surface area contributed by atoms with E-state index in [2.05, 4.69) is 4.72 Å². The maximum Gasteiger partial charge on any atom is 0.250 e. The molecule has 0 bridgehead atoms. The third kappa shape index (κ3) is 2.37. The Labute approximate surface area is 98.3 Å². The third-order valence-electron chi connectivity index (χ3n) is 2.74. The average molecular weight is 262 g/mol. The topological polar surface area (TPSA) is 92.4 Å². The van der Waals surface area contributed by atoms with Gasteiger partial charge in [-0.15, -0.1) is 11.3 Å². The van der Waals surface area contributed by atoms with E-state index >= 15 is 0 Å². The lowest BCUT2D eigenvalue weighted by molar-refractivity contribution is -0.0270. The molecule has 0 radical (unpaired) electrons. The van der Waals surface area contributed by atoms with E-state index in [-0.39, 0.29) is 10.8 Å². The predicted octanol–water partition coefficient (Wildman–Crippen LogP) is 0.524. The predicted molar refractivity (Wildman–Crippen MR) is 62.7 cm³/mol. The van der Waals surface area contributed by atoms with Crippen LogP contribution in [0.3, 0.4) is 0 Å². The van der Waals surface area contributed by atoms with Gasteiger partial charge in [0.05, 0.1) is 5.60 Å². The number of thiophene rings is 1. The smallest absolute Gasteiger partial charge is 0.250 e. The third-order valence-corrected chi connectivity index (χ3v) is 5.60. The lowest BCUT2D eigenvalue weighted by atomic mass is 9.81. The molecule has 0 amide bonds. The second kappa shape index (κ2) is 3.99. The van der Waals surface area contributed by atoms with Crippen molar-refractivity contribution in [3.8, 4) is 0 Å². The summed E-state index contributed by atoms with van der Waals surface area (Å²) in [5.74, 6) is 0. The van der Waals surface area contributed by atoms with E-state index in [0.29, 0.717) is 18.5 Å². The summed E-state index contributed by atoms with van der Waals surface area (Å²) in [5.41, 5.74) is 5.05. The lowest BCUT2D eigenvalue weighted by Gasteiger charge is -2.36. The van der Waals surface area contributed by atoms with E-state index in [1.165, 1.54) is 6.07 Å². The van der Waals surface area contributed by atoms with Gasteiger partial charge in [-0.1, -0.05) is 0 Å². The maximum atomic E-state index is 11.8. The highest BCUT2D eigenvalue weighted by molar-refractivity contribution is 7.91. The van der Waals surface area contributed by atoms with Crippen LogP contribution in [0.15, 0.2) is 15.7 Å². The molecule has 1 fully saturated rings. The Morgan fingerprint density at radius 1 is 1.56 bits per heavy atom. The van der Waals surface area contributed by atoms with Crippen LogP contribution in [0.4, 0.5) is 5.69 Å². The number of anilines is 1. The normalized spacial score (nSPS) is 19.3. The van der Waals surface area contributed by atoms with Crippen LogP contribution in [-0.4, -0.2) is 25.7 Å². The lowest BCUT2D eigenvalue weighted by Crippen LogP contribution is -2.47. The first-order chi connectivity index (χ1) is 7.41. The van der Waals surface area contributed by atoms with Gasteiger partial charge in [0.2, 0.25) is 10.0 Å². The van der Waals surface area contributed by atoms with Gasteiger partial charge in [0.15, 0.2) is 0 Å². The minimum Gasteiger partial charge on any atom is -0.398 e. The molecule has 1 aromatic heterocycles. The van der Waals surface area contributed by atoms with E-state index in [1.54, 1.807) is 5.38 Å². The van der Waals surface area contributed by atoms with E-state index in [9.17, 15) is 13.5 Å². The number of rotatable bonds is 4. The van der Waals surface area contributed by atoms with E-state index in [4.69, 9.17) is 5.73 Å². The molecule has 1 saturated carbocycles. The standard InChI is InChI=1S/C9H14N2O3S2/c10-7-4-8(15-5-7)16(13,14)11-6-9(12)2-1-3-9/h4-5,11-12H,1-3,6,10H2. The van der Waals surface area contributed by atoms with Gasteiger partial charge in [0, 0.05) is 17.6 Å². The highest BCUT2D eigenvalue weighted by Gasteiger charge is 2.35. The summed E-state index contributed by atoms with van der Waals surface area (Å²) in [6.45, 7) is 0.0765. The minimum atomic E-state index is -3.52. The number of sulfonamides is 1. The first kappa shape index (κ1) is 11.8. The minimum absolute atomic E-state index is 0.0765. The monoisotopic (exact) mass is 262 g/mol. The molecule has 0 unspecified atom stereocenters. The van der Waals surface area contributed by atoms with E-state index in [0.717, 1.165) is 17.8 Å². The van der Waals surface area contributed by atoms with Crippen molar-refractivity contribution in [1.82, 2.24) is 4.72 Å². The van der Waals surface area contributed by atoms with E-state index < -0.39 is 15.6 Å². The molecule has 4 N–H and O–H groups in total. The molecule has 1 aliphatic rings. The molecule has 0 spiro atoms. The Hall–Kier alpha value is -0.630.